The van der Waals surface area contributed by atoms with Crippen LogP contribution in [0.4, 0.5) is 4.79 Å². The molecule has 0 bridgehead atoms. The summed E-state index contributed by atoms with van der Waals surface area (Å²) in [5.41, 5.74) is 0. The average molecular weight is 320 g/mol. The van der Waals surface area contributed by atoms with Crippen molar-refractivity contribution in [1.29, 1.82) is 0 Å². The third-order valence-corrected chi connectivity index (χ3v) is 4.93. The first-order chi connectivity index (χ1) is 10.7. The Labute approximate surface area is 133 Å². The lowest BCUT2D eigenvalue weighted by molar-refractivity contribution is 0.161. The Morgan fingerprint density at radius 2 is 2.32 bits per heavy atom. The molecule has 0 saturated carbocycles. The van der Waals surface area contributed by atoms with E-state index in [0.29, 0.717) is 5.92 Å². The Balaban J connectivity index is 1.45. The fraction of sp³-hybridized carbons (Fsp3) is 0.571. The molecule has 1 aliphatic rings. The average Bonchev–Trinajstić information content (AvgIpc) is 3.21. The van der Waals surface area contributed by atoms with Crippen LogP contribution in [0.2, 0.25) is 0 Å². The maximum atomic E-state index is 12.3. The minimum atomic E-state index is -0.0413. The van der Waals surface area contributed by atoms with Gasteiger partial charge in [-0.15, -0.1) is 11.3 Å². The molecule has 1 atom stereocenters. The first-order valence-electron chi connectivity index (χ1n) is 7.49. The Morgan fingerprint density at radius 3 is 2.95 bits per heavy atom. The molecule has 1 saturated heterocycles. The molecular formula is C14H20N6OS. The lowest BCUT2D eigenvalue weighted by Crippen LogP contribution is -2.45. The van der Waals surface area contributed by atoms with E-state index in [0.717, 1.165) is 37.5 Å². The smallest absolute Gasteiger partial charge is 0.317 e. The van der Waals surface area contributed by atoms with Gasteiger partial charge in [0.25, 0.3) is 0 Å². The van der Waals surface area contributed by atoms with Crippen molar-refractivity contribution >= 4 is 17.4 Å². The molecule has 0 aromatic carbocycles. The number of aromatic nitrogens is 4. The van der Waals surface area contributed by atoms with E-state index in [1.807, 2.05) is 21.9 Å². The van der Waals surface area contributed by atoms with Crippen molar-refractivity contribution in [2.24, 2.45) is 5.92 Å². The quantitative estimate of drug-likeness (QED) is 0.934. The summed E-state index contributed by atoms with van der Waals surface area (Å²) >= 11 is 1.56. The maximum absolute atomic E-state index is 12.3. The summed E-state index contributed by atoms with van der Waals surface area (Å²) in [6.45, 7) is 4.42. The highest BCUT2D eigenvalue weighted by Gasteiger charge is 2.24. The summed E-state index contributed by atoms with van der Waals surface area (Å²) < 4.78 is 1.87. The number of rotatable bonds is 4. The number of nitrogens with zero attached hydrogens (tertiary/aromatic N) is 5. The molecule has 118 valence electrons. The Kier molecular flexibility index (Phi) is 4.67. The van der Waals surface area contributed by atoms with Crippen molar-refractivity contribution < 1.29 is 4.79 Å². The number of carbonyl (C=O) groups excluding carboxylic acids is 1. The molecule has 0 aliphatic carbocycles. The van der Waals surface area contributed by atoms with Gasteiger partial charge in [0.2, 0.25) is 0 Å². The van der Waals surface area contributed by atoms with Crippen LogP contribution in [0.5, 0.6) is 0 Å². The molecule has 1 aliphatic heterocycles. The van der Waals surface area contributed by atoms with Crippen LogP contribution in [-0.2, 0) is 6.54 Å². The summed E-state index contributed by atoms with van der Waals surface area (Å²) in [6, 6.07) is -0.0396. The topological polar surface area (TPSA) is 75.9 Å². The fourth-order valence-electron chi connectivity index (χ4n) is 2.70. The van der Waals surface area contributed by atoms with E-state index in [-0.39, 0.29) is 12.1 Å². The van der Waals surface area contributed by atoms with Crippen LogP contribution in [0.3, 0.4) is 0 Å². The number of urea groups is 1. The molecule has 7 nitrogen and oxygen atoms in total. The number of hydrogen-bond donors (Lipinski definition) is 1. The zero-order valence-corrected chi connectivity index (χ0v) is 13.4. The van der Waals surface area contributed by atoms with Gasteiger partial charge in [0, 0.05) is 31.2 Å². The van der Waals surface area contributed by atoms with Gasteiger partial charge in [-0.2, -0.15) is 5.10 Å². The van der Waals surface area contributed by atoms with Crippen molar-refractivity contribution in [3.8, 4) is 0 Å². The van der Waals surface area contributed by atoms with Crippen molar-refractivity contribution in [1.82, 2.24) is 30.0 Å². The van der Waals surface area contributed by atoms with Crippen molar-refractivity contribution in [2.75, 3.05) is 13.1 Å². The molecular weight excluding hydrogens is 300 g/mol. The van der Waals surface area contributed by atoms with Gasteiger partial charge in [-0.1, -0.05) is 0 Å². The third kappa shape index (κ3) is 3.62. The number of likely N-dealkylation sites (tertiary alicyclic amines) is 1. The second kappa shape index (κ2) is 6.87. The normalized spacial score (nSPS) is 17.4. The van der Waals surface area contributed by atoms with Gasteiger partial charge in [-0.3, -0.25) is 4.68 Å². The van der Waals surface area contributed by atoms with Gasteiger partial charge in [0.05, 0.1) is 6.04 Å². The number of hydrogen-bond acceptors (Lipinski definition) is 5. The summed E-state index contributed by atoms with van der Waals surface area (Å²) in [5.74, 6) is 0.558. The predicted octanol–water partition coefficient (Wildman–Crippen LogP) is 1.92. The molecule has 0 spiro atoms. The highest BCUT2D eigenvalue weighted by atomic mass is 32.1. The Morgan fingerprint density at radius 1 is 1.50 bits per heavy atom. The van der Waals surface area contributed by atoms with Crippen LogP contribution in [0, 0.1) is 5.92 Å². The van der Waals surface area contributed by atoms with Crippen molar-refractivity contribution in [2.45, 2.75) is 32.4 Å². The first kappa shape index (κ1) is 15.0. The summed E-state index contributed by atoms with van der Waals surface area (Å²) in [7, 11) is 0. The van der Waals surface area contributed by atoms with Crippen LogP contribution in [0.25, 0.3) is 0 Å². The van der Waals surface area contributed by atoms with Crippen molar-refractivity contribution in [3.63, 3.8) is 0 Å². The molecule has 0 unspecified atom stereocenters. The molecule has 3 heterocycles. The highest BCUT2D eigenvalue weighted by Crippen LogP contribution is 2.20. The standard InChI is InChI=1S/C14H20N6OS/c1-11(13-16-4-7-22-13)18-14(21)19-5-2-12(3-6-19)8-20-10-15-9-17-20/h4,7,9-12H,2-3,5-6,8H2,1H3,(H,18,21)/t11-/m1/s1. The van der Waals surface area contributed by atoms with Crippen LogP contribution < -0.4 is 5.32 Å². The van der Waals surface area contributed by atoms with Crippen molar-refractivity contribution in [3.05, 3.63) is 29.2 Å². The largest absolute Gasteiger partial charge is 0.329 e. The van der Waals surface area contributed by atoms with Crippen LogP contribution in [0.15, 0.2) is 24.2 Å². The van der Waals surface area contributed by atoms with Crippen LogP contribution in [-0.4, -0.2) is 43.8 Å². The predicted molar refractivity (Wildman–Crippen MR) is 83.4 cm³/mol. The lowest BCUT2D eigenvalue weighted by atomic mass is 9.97. The number of piperidine rings is 1. The second-order valence-corrected chi connectivity index (χ2v) is 6.52. The number of thiazole rings is 1. The monoisotopic (exact) mass is 320 g/mol. The maximum Gasteiger partial charge on any atom is 0.317 e. The van der Waals surface area contributed by atoms with Crippen LogP contribution >= 0.6 is 11.3 Å². The molecule has 2 aromatic rings. The SMILES string of the molecule is C[C@@H](NC(=O)N1CCC(Cn2cncn2)CC1)c1nccs1. The molecule has 0 radical (unpaired) electrons. The second-order valence-electron chi connectivity index (χ2n) is 5.59. The van der Waals surface area contributed by atoms with Gasteiger partial charge >= 0.3 is 6.03 Å². The van der Waals surface area contributed by atoms with E-state index in [1.54, 1.807) is 30.2 Å². The van der Waals surface area contributed by atoms with Gasteiger partial charge in [-0.25, -0.2) is 14.8 Å². The van der Waals surface area contributed by atoms with Gasteiger partial charge in [-0.05, 0) is 25.7 Å². The molecule has 22 heavy (non-hydrogen) atoms. The molecule has 2 aromatic heterocycles. The third-order valence-electron chi connectivity index (χ3n) is 3.98. The molecule has 8 heteroatoms. The van der Waals surface area contributed by atoms with E-state index in [2.05, 4.69) is 20.4 Å². The number of carbonyl (C=O) groups is 1. The van der Waals surface area contributed by atoms with E-state index in [9.17, 15) is 4.79 Å². The van der Waals surface area contributed by atoms with E-state index < -0.39 is 0 Å². The zero-order valence-electron chi connectivity index (χ0n) is 12.6. The summed E-state index contributed by atoms with van der Waals surface area (Å²) in [6.07, 6.45) is 7.06. The Bertz CT molecular complexity index is 577. The minimum Gasteiger partial charge on any atom is -0.329 e. The van der Waals surface area contributed by atoms with E-state index >= 15 is 0 Å². The molecule has 1 N–H and O–H groups in total. The van der Waals surface area contributed by atoms with Crippen LogP contribution in [0.1, 0.15) is 30.8 Å². The summed E-state index contributed by atoms with van der Waals surface area (Å²) in [4.78, 5) is 22.4. The minimum absolute atomic E-state index is 0.00176. The highest BCUT2D eigenvalue weighted by molar-refractivity contribution is 7.09. The molecule has 2 amide bonds. The van der Waals surface area contributed by atoms with E-state index in [4.69, 9.17) is 0 Å². The molecule has 3 rings (SSSR count). The lowest BCUT2D eigenvalue weighted by Gasteiger charge is -2.32. The zero-order chi connectivity index (χ0) is 15.4. The fourth-order valence-corrected chi connectivity index (χ4v) is 3.34. The van der Waals surface area contributed by atoms with E-state index in [1.165, 1.54) is 0 Å². The number of nitrogens with one attached hydrogen (secondary N) is 1. The summed E-state index contributed by atoms with van der Waals surface area (Å²) in [5, 5.41) is 10.0. The number of amides is 2. The first-order valence-corrected chi connectivity index (χ1v) is 8.37. The van der Waals surface area contributed by atoms with Gasteiger partial charge in [0.1, 0.15) is 17.7 Å². The molecule has 1 fully saturated rings. The van der Waals surface area contributed by atoms with Gasteiger partial charge in [0.15, 0.2) is 0 Å². The van der Waals surface area contributed by atoms with Gasteiger partial charge < -0.3 is 10.2 Å². The Hall–Kier alpha value is -1.96.